The van der Waals surface area contributed by atoms with E-state index in [0.29, 0.717) is 5.82 Å². The number of hydrogen-bond donors (Lipinski definition) is 0. The molecule has 4 aromatic heterocycles. The fourth-order valence-corrected chi connectivity index (χ4v) is 7.43. The molecule has 10 rings (SSSR count). The highest BCUT2D eigenvalue weighted by Crippen LogP contribution is 2.41. The summed E-state index contributed by atoms with van der Waals surface area (Å²) in [7, 11) is 0. The van der Waals surface area contributed by atoms with Gasteiger partial charge in [-0.1, -0.05) is 54.6 Å². The molecule has 0 aliphatic rings. The molecule has 0 fully saturated rings. The zero-order valence-electron chi connectivity index (χ0n) is 28.7. The van der Waals surface area contributed by atoms with Crippen molar-refractivity contribution in [1.29, 1.82) is 0 Å². The minimum absolute atomic E-state index is 0.702. The summed E-state index contributed by atoms with van der Waals surface area (Å²) in [5.41, 5.74) is 12.1. The van der Waals surface area contributed by atoms with Crippen LogP contribution in [0.1, 0.15) is 0 Å². The normalized spacial score (nSPS) is 11.4. The van der Waals surface area contributed by atoms with Gasteiger partial charge < -0.3 is 14.0 Å². The second kappa shape index (κ2) is 12.8. The van der Waals surface area contributed by atoms with Gasteiger partial charge in [0, 0.05) is 81.1 Å². The number of para-hydroxylation sites is 2. The van der Waals surface area contributed by atoms with E-state index in [0.717, 1.165) is 50.6 Å². The summed E-state index contributed by atoms with van der Waals surface area (Å²) in [6.07, 6.45) is 9.42. The van der Waals surface area contributed by atoms with E-state index in [1.54, 1.807) is 18.6 Å². The van der Waals surface area contributed by atoms with Crippen molar-refractivity contribution in [2.45, 2.75) is 0 Å². The Labute approximate surface area is 306 Å². The standard InChI is InChI=1S/C47H32N6/c1-3-10-37(11-4-1)51-28-24-35-29-46-43(31-45(35)51)42-30-41(22-23-44(42)53(46)38-12-5-2-6-13-38)52(39-18-14-33(15-19-39)36-9-7-25-48-32-36)40-20-16-34(17-21-40)47-49-26-8-27-50-47/h1-32H. The fraction of sp³-hybridized carbons (Fsp3) is 0. The lowest BCUT2D eigenvalue weighted by molar-refractivity contribution is 1.13. The van der Waals surface area contributed by atoms with Crippen molar-refractivity contribution >= 4 is 49.8 Å². The van der Waals surface area contributed by atoms with E-state index >= 15 is 0 Å². The van der Waals surface area contributed by atoms with E-state index in [1.165, 1.54) is 27.2 Å². The summed E-state index contributed by atoms with van der Waals surface area (Å²) in [4.78, 5) is 15.6. The molecule has 0 bridgehead atoms. The Morgan fingerprint density at radius 3 is 1.79 bits per heavy atom. The number of nitrogens with zero attached hydrogens (tertiary/aromatic N) is 6. The number of pyridine rings is 1. The Balaban J connectivity index is 1.18. The summed E-state index contributed by atoms with van der Waals surface area (Å²) >= 11 is 0. The van der Waals surface area contributed by atoms with E-state index in [1.807, 2.05) is 18.3 Å². The highest BCUT2D eigenvalue weighted by atomic mass is 15.1. The number of hydrogen-bond acceptors (Lipinski definition) is 4. The number of fused-ring (bicyclic) bond motifs is 4. The summed E-state index contributed by atoms with van der Waals surface area (Å²) < 4.78 is 4.66. The molecule has 53 heavy (non-hydrogen) atoms. The lowest BCUT2D eigenvalue weighted by Crippen LogP contribution is -2.10. The van der Waals surface area contributed by atoms with Gasteiger partial charge in [0.1, 0.15) is 0 Å². The first-order valence-electron chi connectivity index (χ1n) is 17.7. The number of rotatable bonds is 7. The van der Waals surface area contributed by atoms with Crippen LogP contribution in [0.2, 0.25) is 0 Å². The molecule has 0 saturated heterocycles. The molecular weight excluding hydrogens is 649 g/mol. The van der Waals surface area contributed by atoms with Gasteiger partial charge in [-0.2, -0.15) is 0 Å². The van der Waals surface area contributed by atoms with Gasteiger partial charge >= 0.3 is 0 Å². The fourth-order valence-electron chi connectivity index (χ4n) is 7.43. The molecule has 6 nitrogen and oxygen atoms in total. The molecule has 0 spiro atoms. The Bertz CT molecular complexity index is 2760. The van der Waals surface area contributed by atoms with Gasteiger partial charge in [-0.3, -0.25) is 4.98 Å². The Hall–Kier alpha value is -7.31. The highest BCUT2D eigenvalue weighted by Gasteiger charge is 2.19. The van der Waals surface area contributed by atoms with Crippen LogP contribution in [-0.4, -0.2) is 24.1 Å². The van der Waals surface area contributed by atoms with Gasteiger partial charge in [0.2, 0.25) is 0 Å². The molecule has 0 radical (unpaired) electrons. The Morgan fingerprint density at radius 2 is 1.09 bits per heavy atom. The molecule has 0 aliphatic heterocycles. The predicted octanol–water partition coefficient (Wildman–Crippen LogP) is 11.7. The SMILES string of the molecule is c1ccc(-n2ccc3cc4c(cc32)c2cc(N(c3ccc(-c5cccnc5)cc3)c3ccc(-c5ncccn5)cc3)ccc2n4-c2ccccc2)cc1. The van der Waals surface area contributed by atoms with E-state index in [9.17, 15) is 0 Å². The molecule has 0 aliphatic carbocycles. The van der Waals surface area contributed by atoms with Crippen LogP contribution in [-0.2, 0) is 0 Å². The smallest absolute Gasteiger partial charge is 0.159 e. The van der Waals surface area contributed by atoms with Gasteiger partial charge in [0.05, 0.1) is 16.6 Å². The Morgan fingerprint density at radius 1 is 0.434 bits per heavy atom. The molecule has 6 heteroatoms. The molecule has 0 amide bonds. The summed E-state index contributed by atoms with van der Waals surface area (Å²) in [5, 5.41) is 3.56. The minimum atomic E-state index is 0.702. The van der Waals surface area contributed by atoms with E-state index in [4.69, 9.17) is 0 Å². The van der Waals surface area contributed by atoms with E-state index < -0.39 is 0 Å². The maximum Gasteiger partial charge on any atom is 0.159 e. The largest absolute Gasteiger partial charge is 0.317 e. The van der Waals surface area contributed by atoms with E-state index in [-0.39, 0.29) is 0 Å². The summed E-state index contributed by atoms with van der Waals surface area (Å²) in [5.74, 6) is 0.702. The van der Waals surface area contributed by atoms with Crippen LogP contribution in [0.4, 0.5) is 17.1 Å². The molecule has 250 valence electrons. The van der Waals surface area contributed by atoms with Crippen molar-refractivity contribution in [3.63, 3.8) is 0 Å². The number of benzene rings is 6. The van der Waals surface area contributed by atoms with Crippen molar-refractivity contribution < 1.29 is 0 Å². The predicted molar refractivity (Wildman–Crippen MR) is 217 cm³/mol. The third kappa shape index (κ3) is 5.41. The van der Waals surface area contributed by atoms with Crippen LogP contribution >= 0.6 is 0 Å². The van der Waals surface area contributed by atoms with Crippen molar-refractivity contribution in [2.75, 3.05) is 4.90 Å². The van der Waals surface area contributed by atoms with Gasteiger partial charge in [-0.25, -0.2) is 9.97 Å². The molecule has 0 saturated carbocycles. The maximum absolute atomic E-state index is 4.48. The average molecular weight is 681 g/mol. The topological polar surface area (TPSA) is 51.8 Å². The van der Waals surface area contributed by atoms with Crippen molar-refractivity contribution in [3.8, 4) is 33.9 Å². The zero-order chi connectivity index (χ0) is 35.1. The van der Waals surface area contributed by atoms with Gasteiger partial charge in [0.25, 0.3) is 0 Å². The minimum Gasteiger partial charge on any atom is -0.317 e. The van der Waals surface area contributed by atoms with Crippen LogP contribution in [0.15, 0.2) is 195 Å². The monoisotopic (exact) mass is 680 g/mol. The van der Waals surface area contributed by atoms with Gasteiger partial charge in [0.15, 0.2) is 5.82 Å². The van der Waals surface area contributed by atoms with Crippen LogP contribution in [0.5, 0.6) is 0 Å². The molecule has 0 atom stereocenters. The number of anilines is 3. The van der Waals surface area contributed by atoms with Crippen LogP contribution in [0.25, 0.3) is 66.6 Å². The first-order valence-corrected chi connectivity index (χ1v) is 17.7. The van der Waals surface area contributed by atoms with Crippen LogP contribution < -0.4 is 4.90 Å². The van der Waals surface area contributed by atoms with Gasteiger partial charge in [-0.05, 0) is 120 Å². The van der Waals surface area contributed by atoms with Crippen molar-refractivity contribution in [1.82, 2.24) is 24.1 Å². The second-order valence-corrected chi connectivity index (χ2v) is 13.1. The second-order valence-electron chi connectivity index (χ2n) is 13.1. The van der Waals surface area contributed by atoms with Gasteiger partial charge in [-0.15, -0.1) is 0 Å². The molecule has 6 aromatic carbocycles. The average Bonchev–Trinajstić information content (AvgIpc) is 3.80. The first kappa shape index (κ1) is 30.5. The van der Waals surface area contributed by atoms with E-state index in [2.05, 4.69) is 187 Å². The quantitative estimate of drug-likeness (QED) is 0.168. The molecule has 10 aromatic rings. The molecule has 0 N–H and O–H groups in total. The number of aromatic nitrogens is 5. The van der Waals surface area contributed by atoms with Crippen LogP contribution in [0.3, 0.4) is 0 Å². The lowest BCUT2D eigenvalue weighted by atomic mass is 10.1. The third-order valence-corrected chi connectivity index (χ3v) is 9.94. The maximum atomic E-state index is 4.48. The molecule has 4 heterocycles. The third-order valence-electron chi connectivity index (χ3n) is 9.94. The summed E-state index contributed by atoms with van der Waals surface area (Å²) in [6.45, 7) is 0. The highest BCUT2D eigenvalue weighted by molar-refractivity contribution is 6.14. The lowest BCUT2D eigenvalue weighted by Gasteiger charge is -2.26. The van der Waals surface area contributed by atoms with Crippen LogP contribution in [0, 0.1) is 0 Å². The zero-order valence-corrected chi connectivity index (χ0v) is 28.7. The molecule has 0 unspecified atom stereocenters. The van der Waals surface area contributed by atoms with Crippen molar-refractivity contribution in [2.24, 2.45) is 0 Å². The summed E-state index contributed by atoms with van der Waals surface area (Å²) in [6, 6.07) is 58.0. The molecular formula is C47H32N6. The Kier molecular flexibility index (Phi) is 7.36. The van der Waals surface area contributed by atoms with Crippen molar-refractivity contribution in [3.05, 3.63) is 195 Å². The first-order chi connectivity index (χ1) is 26.3.